The maximum absolute atomic E-state index is 12.6. The van der Waals surface area contributed by atoms with Gasteiger partial charge in [0.1, 0.15) is 0 Å². The molecular formula is C17H21ClF6N4O2. The molecule has 13 heteroatoms. The molecule has 2 aliphatic rings. The molecule has 1 aromatic heterocycles. The van der Waals surface area contributed by atoms with Gasteiger partial charge in [0.05, 0.1) is 10.7 Å². The average molecular weight is 463 g/mol. The second kappa shape index (κ2) is 8.10. The summed E-state index contributed by atoms with van der Waals surface area (Å²) < 4.78 is 81.2. The fourth-order valence-electron chi connectivity index (χ4n) is 4.20. The van der Waals surface area contributed by atoms with E-state index in [0.29, 0.717) is 30.1 Å². The number of halogens is 7. The van der Waals surface area contributed by atoms with Crippen molar-refractivity contribution in [2.45, 2.75) is 56.2 Å². The molecule has 2 fully saturated rings. The van der Waals surface area contributed by atoms with Crippen LogP contribution in [0.3, 0.4) is 0 Å². The highest BCUT2D eigenvalue weighted by molar-refractivity contribution is 6.31. The zero-order valence-electron chi connectivity index (χ0n) is 16.1. The molecule has 3 heterocycles. The van der Waals surface area contributed by atoms with E-state index in [1.807, 2.05) is 0 Å². The van der Waals surface area contributed by atoms with Crippen molar-refractivity contribution >= 4 is 17.7 Å². The van der Waals surface area contributed by atoms with Gasteiger partial charge in [0.2, 0.25) is 0 Å². The molecule has 0 aromatic carbocycles. The Hall–Kier alpha value is -1.69. The first-order chi connectivity index (χ1) is 13.8. The lowest BCUT2D eigenvalue weighted by atomic mass is 9.85. The van der Waals surface area contributed by atoms with Crippen LogP contribution in [0.2, 0.25) is 5.02 Å². The molecule has 3 rings (SSSR count). The van der Waals surface area contributed by atoms with Gasteiger partial charge in [0.25, 0.3) is 6.10 Å². The first kappa shape index (κ1) is 23.0. The molecule has 1 amide bonds. The second-order valence-electron chi connectivity index (χ2n) is 7.68. The Morgan fingerprint density at radius 3 is 2.27 bits per heavy atom. The molecule has 0 N–H and O–H groups in total. The third kappa shape index (κ3) is 4.79. The van der Waals surface area contributed by atoms with Crippen LogP contribution in [0.25, 0.3) is 0 Å². The maximum Gasteiger partial charge on any atom is 0.434 e. The highest BCUT2D eigenvalue weighted by atomic mass is 35.5. The van der Waals surface area contributed by atoms with Crippen molar-refractivity contribution in [2.75, 3.05) is 19.6 Å². The Kier molecular flexibility index (Phi) is 6.21. The fraction of sp³-hybridized carbons (Fsp3) is 0.765. The van der Waals surface area contributed by atoms with Crippen molar-refractivity contribution in [1.82, 2.24) is 19.6 Å². The van der Waals surface area contributed by atoms with Crippen LogP contribution in [0.5, 0.6) is 0 Å². The minimum atomic E-state index is -5.73. The van der Waals surface area contributed by atoms with E-state index in [9.17, 15) is 31.1 Å². The van der Waals surface area contributed by atoms with Gasteiger partial charge in [-0.25, -0.2) is 4.79 Å². The fourth-order valence-corrected chi connectivity index (χ4v) is 4.44. The Bertz CT molecular complexity index is 759. The molecule has 0 unspecified atom stereocenters. The molecule has 0 atom stereocenters. The van der Waals surface area contributed by atoms with Crippen LogP contribution in [-0.4, -0.2) is 69.3 Å². The maximum atomic E-state index is 12.6. The number of rotatable bonds is 3. The van der Waals surface area contributed by atoms with Gasteiger partial charge in [-0.15, -0.1) is 0 Å². The molecule has 2 aliphatic heterocycles. The third-order valence-electron chi connectivity index (χ3n) is 5.70. The molecule has 6 nitrogen and oxygen atoms in total. The lowest BCUT2D eigenvalue weighted by Gasteiger charge is -2.44. The van der Waals surface area contributed by atoms with Crippen molar-refractivity contribution in [1.29, 1.82) is 0 Å². The summed E-state index contributed by atoms with van der Waals surface area (Å²) in [5.41, 5.74) is 0.394. The van der Waals surface area contributed by atoms with Gasteiger partial charge in [-0.05, 0) is 32.2 Å². The van der Waals surface area contributed by atoms with E-state index in [2.05, 4.69) is 14.7 Å². The van der Waals surface area contributed by atoms with Gasteiger partial charge in [-0.3, -0.25) is 9.58 Å². The van der Waals surface area contributed by atoms with E-state index in [4.69, 9.17) is 11.6 Å². The zero-order chi connectivity index (χ0) is 22.3. The van der Waals surface area contributed by atoms with Crippen LogP contribution in [-0.2, 0) is 18.3 Å². The number of aryl methyl sites for hydroxylation is 1. The Morgan fingerprint density at radius 1 is 1.17 bits per heavy atom. The molecule has 0 aliphatic carbocycles. The molecule has 1 spiro atoms. The summed E-state index contributed by atoms with van der Waals surface area (Å²) in [6.07, 6.45) is -13.0. The Labute approximate surface area is 173 Å². The van der Waals surface area contributed by atoms with Crippen LogP contribution < -0.4 is 0 Å². The monoisotopic (exact) mass is 462 g/mol. The van der Waals surface area contributed by atoms with E-state index < -0.39 is 24.5 Å². The number of likely N-dealkylation sites (tertiary alicyclic amines) is 2. The van der Waals surface area contributed by atoms with Crippen molar-refractivity contribution in [3.63, 3.8) is 0 Å². The average Bonchev–Trinajstić information content (AvgIpc) is 3.14. The molecule has 0 saturated carbocycles. The molecule has 1 aromatic rings. The van der Waals surface area contributed by atoms with E-state index in [1.165, 1.54) is 0 Å². The molecule has 2 saturated heterocycles. The van der Waals surface area contributed by atoms with Crippen LogP contribution in [0.1, 0.15) is 31.4 Å². The smallest absolute Gasteiger partial charge is 0.426 e. The first-order valence-electron chi connectivity index (χ1n) is 9.34. The zero-order valence-corrected chi connectivity index (χ0v) is 16.8. The van der Waals surface area contributed by atoms with Gasteiger partial charge < -0.3 is 9.64 Å². The predicted molar refractivity (Wildman–Crippen MR) is 93.8 cm³/mol. The van der Waals surface area contributed by atoms with E-state index in [1.54, 1.807) is 17.9 Å². The van der Waals surface area contributed by atoms with Crippen molar-refractivity contribution in [2.24, 2.45) is 7.05 Å². The van der Waals surface area contributed by atoms with E-state index in [0.717, 1.165) is 24.3 Å². The summed E-state index contributed by atoms with van der Waals surface area (Å²) in [5.74, 6) is 0. The molecule has 0 bridgehead atoms. The predicted octanol–water partition coefficient (Wildman–Crippen LogP) is 4.13. The van der Waals surface area contributed by atoms with Gasteiger partial charge in [0.15, 0.2) is 0 Å². The van der Waals surface area contributed by atoms with Gasteiger partial charge in [-0.2, -0.15) is 31.4 Å². The number of alkyl halides is 6. The van der Waals surface area contributed by atoms with Crippen LogP contribution in [0, 0.1) is 0 Å². The Morgan fingerprint density at radius 2 is 1.77 bits per heavy atom. The highest BCUT2D eigenvalue weighted by Crippen LogP contribution is 2.41. The van der Waals surface area contributed by atoms with Crippen molar-refractivity contribution in [3.8, 4) is 0 Å². The summed E-state index contributed by atoms with van der Waals surface area (Å²) in [4.78, 5) is 15.1. The van der Waals surface area contributed by atoms with Crippen LogP contribution >= 0.6 is 11.6 Å². The number of hydrogen-bond acceptors (Lipinski definition) is 4. The third-order valence-corrected chi connectivity index (χ3v) is 6.02. The Balaban J connectivity index is 1.63. The molecule has 0 radical (unpaired) electrons. The van der Waals surface area contributed by atoms with E-state index in [-0.39, 0.29) is 18.6 Å². The number of aromatic nitrogens is 2. The lowest BCUT2D eigenvalue weighted by Crippen LogP contribution is -2.54. The number of ether oxygens (including phenoxy) is 1. The minimum Gasteiger partial charge on any atom is -0.426 e. The summed E-state index contributed by atoms with van der Waals surface area (Å²) in [6.45, 7) is 1.26. The normalized spacial score (nSPS) is 20.4. The van der Waals surface area contributed by atoms with Gasteiger partial charge in [0, 0.05) is 38.4 Å². The van der Waals surface area contributed by atoms with Crippen molar-refractivity contribution < 1.29 is 35.9 Å². The second-order valence-corrected chi connectivity index (χ2v) is 8.09. The highest BCUT2D eigenvalue weighted by Gasteiger charge is 2.60. The largest absolute Gasteiger partial charge is 0.434 e. The molecule has 170 valence electrons. The van der Waals surface area contributed by atoms with E-state index >= 15 is 0 Å². The van der Waals surface area contributed by atoms with Crippen LogP contribution in [0.4, 0.5) is 31.1 Å². The summed E-state index contributed by atoms with van der Waals surface area (Å²) in [5, 5.41) is 4.84. The quantitative estimate of drug-likeness (QED) is 0.634. The first-order valence-corrected chi connectivity index (χ1v) is 9.72. The number of nitrogens with zero attached hydrogens (tertiary/aromatic N) is 4. The number of carbonyl (C=O) groups is 1. The molecule has 30 heavy (non-hydrogen) atoms. The number of piperidine rings is 1. The summed E-state index contributed by atoms with van der Waals surface area (Å²) in [7, 11) is 1.74. The number of amides is 1. The van der Waals surface area contributed by atoms with Crippen molar-refractivity contribution in [3.05, 3.63) is 16.9 Å². The molecular weight excluding hydrogens is 442 g/mol. The number of hydrogen-bond donors (Lipinski definition) is 0. The number of carbonyl (C=O) groups excluding carboxylic acids is 1. The lowest BCUT2D eigenvalue weighted by molar-refractivity contribution is -0.308. The standard InChI is InChI=1S/C17H21ClF6N4O2/c1-26-9-11(18)12(25-26)10-28-6-2-3-15(28)4-7-27(8-5-15)14(29)30-13(16(19,20)21)17(22,23)24/h9,13H,2-8,10H2,1H3. The van der Waals surface area contributed by atoms with Crippen LogP contribution in [0.15, 0.2) is 6.20 Å². The summed E-state index contributed by atoms with van der Waals surface area (Å²) >= 11 is 6.17. The van der Waals surface area contributed by atoms with Gasteiger partial charge in [-0.1, -0.05) is 11.6 Å². The SMILES string of the molecule is Cn1cc(Cl)c(CN2CCCC23CCN(C(=O)OC(C(F)(F)F)C(F)(F)F)CC3)n1. The minimum absolute atomic E-state index is 0.00766. The van der Waals surface area contributed by atoms with Gasteiger partial charge >= 0.3 is 18.4 Å². The summed E-state index contributed by atoms with van der Waals surface area (Å²) in [6, 6.07) is 0. The topological polar surface area (TPSA) is 50.6 Å².